The second kappa shape index (κ2) is 66.3. The lowest BCUT2D eigenvalue weighted by Crippen LogP contribution is -2.30. The standard InChI is InChI=1S/C77H150O17P2/c1-67(2)53-45-37-29-22-16-12-9-10-14-18-25-33-41-49-57-74(79)87-63-72(93-76(81)59-51-43-34-26-19-15-11-13-17-23-30-38-46-54-68(3)4)65-91-95(83,84)89-61-71(78)62-90-96(85,86)92-66-73(64-88-75(80)58-50-42-36-28-32-40-48-56-70(7)8)94-77(82)60-52-44-35-27-21-20-24-31-39-47-55-69(5)6/h67-73,78H,9-66H2,1-8H3,(H,83,84)(H,85,86)/t71?,72-,73-/m1/s1. The van der Waals surface area contributed by atoms with Crippen LogP contribution in [0.5, 0.6) is 0 Å². The van der Waals surface area contributed by atoms with Crippen LogP contribution in [0.25, 0.3) is 0 Å². The van der Waals surface area contributed by atoms with E-state index in [0.717, 1.165) is 114 Å². The molecule has 570 valence electrons. The molecule has 5 atom stereocenters. The summed E-state index contributed by atoms with van der Waals surface area (Å²) in [6.07, 6.45) is 51.4. The molecule has 0 aromatic carbocycles. The molecule has 0 aromatic heterocycles. The van der Waals surface area contributed by atoms with Crippen molar-refractivity contribution in [2.24, 2.45) is 23.7 Å². The number of rotatable bonds is 74. The lowest BCUT2D eigenvalue weighted by atomic mass is 10.0. The third-order valence-corrected chi connectivity index (χ3v) is 19.7. The lowest BCUT2D eigenvalue weighted by Gasteiger charge is -2.21. The zero-order chi connectivity index (χ0) is 71.0. The van der Waals surface area contributed by atoms with Crippen LogP contribution in [0.4, 0.5) is 0 Å². The average Bonchev–Trinajstić information content (AvgIpc) is 2.43. The molecule has 0 radical (unpaired) electrons. The van der Waals surface area contributed by atoms with Gasteiger partial charge in [-0.1, -0.05) is 338 Å². The van der Waals surface area contributed by atoms with E-state index in [-0.39, 0.29) is 25.7 Å². The summed E-state index contributed by atoms with van der Waals surface area (Å²) in [6, 6.07) is 0. The Morgan fingerprint density at radius 1 is 0.260 bits per heavy atom. The second-order valence-electron chi connectivity index (χ2n) is 29.7. The molecule has 0 aliphatic rings. The second-order valence-corrected chi connectivity index (χ2v) is 32.6. The molecule has 0 fully saturated rings. The molecule has 0 bridgehead atoms. The highest BCUT2D eigenvalue weighted by atomic mass is 31.2. The van der Waals surface area contributed by atoms with Gasteiger partial charge in [0.05, 0.1) is 26.4 Å². The van der Waals surface area contributed by atoms with Crippen molar-refractivity contribution in [3.8, 4) is 0 Å². The molecule has 19 heteroatoms. The van der Waals surface area contributed by atoms with Crippen molar-refractivity contribution in [1.29, 1.82) is 0 Å². The minimum absolute atomic E-state index is 0.105. The van der Waals surface area contributed by atoms with Crippen LogP contribution in [-0.4, -0.2) is 96.7 Å². The highest BCUT2D eigenvalue weighted by Gasteiger charge is 2.30. The fourth-order valence-electron chi connectivity index (χ4n) is 11.7. The Morgan fingerprint density at radius 3 is 0.646 bits per heavy atom. The van der Waals surface area contributed by atoms with Gasteiger partial charge >= 0.3 is 39.5 Å². The van der Waals surface area contributed by atoms with Crippen molar-refractivity contribution in [2.45, 2.75) is 408 Å². The largest absolute Gasteiger partial charge is 0.472 e. The van der Waals surface area contributed by atoms with E-state index >= 15 is 0 Å². The summed E-state index contributed by atoms with van der Waals surface area (Å²) in [4.78, 5) is 72.9. The van der Waals surface area contributed by atoms with Gasteiger partial charge in [-0.25, -0.2) is 9.13 Å². The number of aliphatic hydroxyl groups excluding tert-OH is 1. The third-order valence-electron chi connectivity index (χ3n) is 17.8. The number of hydrogen-bond donors (Lipinski definition) is 3. The van der Waals surface area contributed by atoms with Crippen LogP contribution >= 0.6 is 15.6 Å². The fraction of sp³-hybridized carbons (Fsp3) is 0.948. The maximum absolute atomic E-state index is 13.1. The molecule has 3 unspecified atom stereocenters. The minimum Gasteiger partial charge on any atom is -0.462 e. The molecule has 0 saturated carbocycles. The van der Waals surface area contributed by atoms with Crippen LogP contribution in [0, 0.1) is 23.7 Å². The molecule has 0 heterocycles. The summed E-state index contributed by atoms with van der Waals surface area (Å²) >= 11 is 0. The van der Waals surface area contributed by atoms with Gasteiger partial charge in [0.1, 0.15) is 19.3 Å². The SMILES string of the molecule is CC(C)CCCCCCCCCCCCCCCCC(=O)OC[C@H](COP(=O)(O)OCC(O)COP(=O)(O)OC[C@@H](COC(=O)CCCCCCCCCC(C)C)OC(=O)CCCCCCCCCCCCC(C)C)OC(=O)CCCCCCCCCCCCCCCC(C)C. The van der Waals surface area contributed by atoms with E-state index in [0.29, 0.717) is 31.6 Å². The first-order chi connectivity index (χ1) is 46.1. The number of carbonyl (C=O) groups is 4. The Hall–Kier alpha value is -1.94. The quantitative estimate of drug-likeness (QED) is 0.0222. The Balaban J connectivity index is 5.25. The van der Waals surface area contributed by atoms with Crippen LogP contribution in [0.3, 0.4) is 0 Å². The van der Waals surface area contributed by atoms with Crippen LogP contribution in [0.1, 0.15) is 389 Å². The van der Waals surface area contributed by atoms with Crippen LogP contribution in [0.15, 0.2) is 0 Å². The van der Waals surface area contributed by atoms with Crippen molar-refractivity contribution in [3.63, 3.8) is 0 Å². The molecule has 96 heavy (non-hydrogen) atoms. The zero-order valence-corrected chi connectivity index (χ0v) is 64.8. The Kier molecular flexibility index (Phi) is 65.0. The van der Waals surface area contributed by atoms with Gasteiger partial charge in [-0.2, -0.15) is 0 Å². The highest BCUT2D eigenvalue weighted by molar-refractivity contribution is 7.47. The van der Waals surface area contributed by atoms with E-state index in [9.17, 15) is 43.2 Å². The van der Waals surface area contributed by atoms with Crippen molar-refractivity contribution in [3.05, 3.63) is 0 Å². The molecule has 0 saturated heterocycles. The molecule has 3 N–H and O–H groups in total. The Morgan fingerprint density at radius 2 is 0.438 bits per heavy atom. The van der Waals surface area contributed by atoms with E-state index in [1.54, 1.807) is 0 Å². The first-order valence-corrected chi connectivity index (χ1v) is 42.7. The van der Waals surface area contributed by atoms with Gasteiger partial charge in [0, 0.05) is 25.7 Å². The number of aliphatic hydroxyl groups is 1. The van der Waals surface area contributed by atoms with Crippen LogP contribution in [0.2, 0.25) is 0 Å². The van der Waals surface area contributed by atoms with Crippen molar-refractivity contribution in [1.82, 2.24) is 0 Å². The zero-order valence-electron chi connectivity index (χ0n) is 63.0. The fourth-order valence-corrected chi connectivity index (χ4v) is 13.3. The van der Waals surface area contributed by atoms with E-state index in [4.69, 9.17) is 37.0 Å². The van der Waals surface area contributed by atoms with Crippen LogP contribution < -0.4 is 0 Å². The molecule has 0 amide bonds. The number of carbonyl (C=O) groups excluding carboxylic acids is 4. The minimum atomic E-state index is -4.96. The van der Waals surface area contributed by atoms with Crippen molar-refractivity contribution >= 4 is 39.5 Å². The molecule has 17 nitrogen and oxygen atoms in total. The van der Waals surface area contributed by atoms with Crippen molar-refractivity contribution in [2.75, 3.05) is 39.6 Å². The monoisotopic (exact) mass is 1410 g/mol. The number of ether oxygens (including phenoxy) is 4. The normalized spacial score (nSPS) is 14.1. The van der Waals surface area contributed by atoms with E-state index in [2.05, 4.69) is 55.4 Å². The van der Waals surface area contributed by atoms with Gasteiger partial charge < -0.3 is 33.8 Å². The summed E-state index contributed by atoms with van der Waals surface area (Å²) < 4.78 is 68.6. The average molecular weight is 1410 g/mol. The molecular formula is C77H150O17P2. The summed E-state index contributed by atoms with van der Waals surface area (Å²) in [5.74, 6) is 0.923. The number of phosphoric acid groups is 2. The van der Waals surface area contributed by atoms with E-state index in [1.807, 2.05) is 0 Å². The number of unbranched alkanes of at least 4 members (excludes halogenated alkanes) is 40. The van der Waals surface area contributed by atoms with Gasteiger partial charge in [0.2, 0.25) is 0 Å². The molecule has 0 aromatic rings. The van der Waals surface area contributed by atoms with Gasteiger partial charge in [0.15, 0.2) is 12.2 Å². The first kappa shape index (κ1) is 94.1. The summed E-state index contributed by atoms with van der Waals surface area (Å²) in [7, 11) is -9.91. The molecule has 0 rings (SSSR count). The molecular weight excluding hydrogens is 1260 g/mol. The summed E-state index contributed by atoms with van der Waals surface area (Å²) in [6.45, 7) is 14.2. The van der Waals surface area contributed by atoms with Gasteiger partial charge in [0.25, 0.3) is 0 Å². The smallest absolute Gasteiger partial charge is 0.462 e. The first-order valence-electron chi connectivity index (χ1n) is 39.7. The van der Waals surface area contributed by atoms with E-state index < -0.39 is 97.5 Å². The number of hydrogen-bond acceptors (Lipinski definition) is 15. The molecule has 0 aliphatic heterocycles. The summed E-state index contributed by atoms with van der Waals surface area (Å²) in [5.41, 5.74) is 0. The maximum atomic E-state index is 13.1. The topological polar surface area (TPSA) is 237 Å². The van der Waals surface area contributed by atoms with Crippen molar-refractivity contribution < 1.29 is 80.2 Å². The molecule has 0 aliphatic carbocycles. The molecule has 0 spiro atoms. The number of phosphoric ester groups is 2. The Bertz CT molecular complexity index is 1880. The number of esters is 4. The maximum Gasteiger partial charge on any atom is 0.472 e. The van der Waals surface area contributed by atoms with Crippen LogP contribution in [-0.2, 0) is 65.4 Å². The lowest BCUT2D eigenvalue weighted by molar-refractivity contribution is -0.161. The predicted octanol–water partition coefficient (Wildman–Crippen LogP) is 22.4. The highest BCUT2D eigenvalue weighted by Crippen LogP contribution is 2.45. The predicted molar refractivity (Wildman–Crippen MR) is 391 cm³/mol. The van der Waals surface area contributed by atoms with Gasteiger partial charge in [-0.05, 0) is 49.4 Å². The Labute approximate surface area is 588 Å². The summed E-state index contributed by atoms with van der Waals surface area (Å²) in [5, 5.41) is 10.6. The van der Waals surface area contributed by atoms with E-state index in [1.165, 1.54) is 186 Å². The van der Waals surface area contributed by atoms with Gasteiger partial charge in [-0.3, -0.25) is 37.3 Å². The third kappa shape index (κ3) is 70.5. The van der Waals surface area contributed by atoms with Gasteiger partial charge in [-0.15, -0.1) is 0 Å².